The number of hydrogen-bond acceptors (Lipinski definition) is 5. The van der Waals surface area contributed by atoms with E-state index in [2.05, 4.69) is 4.98 Å². The van der Waals surface area contributed by atoms with Gasteiger partial charge in [0.25, 0.3) is 0 Å². The molecule has 0 aliphatic carbocycles. The summed E-state index contributed by atoms with van der Waals surface area (Å²) < 4.78 is 5.30. The summed E-state index contributed by atoms with van der Waals surface area (Å²) in [5, 5.41) is 2.79. The Kier molecular flexibility index (Phi) is 5.09. The van der Waals surface area contributed by atoms with Crippen LogP contribution >= 0.6 is 11.3 Å². The fourth-order valence-electron chi connectivity index (χ4n) is 2.38. The molecule has 2 N–H and O–H groups in total. The summed E-state index contributed by atoms with van der Waals surface area (Å²) in [6.07, 6.45) is 2.20. The van der Waals surface area contributed by atoms with Gasteiger partial charge < -0.3 is 10.5 Å². The molecule has 0 aliphatic rings. The third kappa shape index (κ3) is 3.31. The van der Waals surface area contributed by atoms with E-state index in [0.29, 0.717) is 13.0 Å². The Morgan fingerprint density at radius 1 is 1.48 bits per heavy atom. The molecular weight excluding hydrogens is 284 g/mol. The van der Waals surface area contributed by atoms with Crippen molar-refractivity contribution in [2.75, 3.05) is 13.2 Å². The lowest BCUT2D eigenvalue weighted by atomic mass is 9.77. The van der Waals surface area contributed by atoms with Gasteiger partial charge >= 0.3 is 5.97 Å². The molecule has 0 bridgehead atoms. The molecule has 4 nitrogen and oxygen atoms in total. The van der Waals surface area contributed by atoms with Gasteiger partial charge in [-0.05, 0) is 19.4 Å². The van der Waals surface area contributed by atoms with Crippen LogP contribution in [0.1, 0.15) is 23.1 Å². The second-order valence-corrected chi connectivity index (χ2v) is 5.96. The number of carbonyl (C=O) groups excluding carboxylic acids is 1. The Balaban J connectivity index is 2.47. The van der Waals surface area contributed by atoms with E-state index < -0.39 is 5.41 Å². The first-order valence-electron chi connectivity index (χ1n) is 6.95. The number of nitrogens with zero attached hydrogens (tertiary/aromatic N) is 1. The lowest BCUT2D eigenvalue weighted by Crippen LogP contribution is -2.46. The fraction of sp³-hybridized carbons (Fsp3) is 0.375. The molecule has 21 heavy (non-hydrogen) atoms. The summed E-state index contributed by atoms with van der Waals surface area (Å²) in [5.74, 6) is -0.284. The van der Waals surface area contributed by atoms with Gasteiger partial charge in [-0.25, -0.2) is 4.98 Å². The number of ether oxygens (including phenoxy) is 1. The molecule has 1 atom stereocenters. The molecule has 2 rings (SSSR count). The van der Waals surface area contributed by atoms with Gasteiger partial charge in [-0.3, -0.25) is 4.79 Å². The number of aromatic nitrogens is 1. The number of thiazole rings is 1. The van der Waals surface area contributed by atoms with Gasteiger partial charge in [0.05, 0.1) is 11.6 Å². The minimum Gasteiger partial charge on any atom is -0.465 e. The van der Waals surface area contributed by atoms with Gasteiger partial charge in [-0.2, -0.15) is 0 Å². The smallest absolute Gasteiger partial charge is 0.318 e. The Bertz CT molecular complexity index is 598. The van der Waals surface area contributed by atoms with Crippen molar-refractivity contribution in [2.24, 2.45) is 5.73 Å². The number of benzene rings is 1. The fourth-order valence-corrected chi connectivity index (χ4v) is 3.11. The van der Waals surface area contributed by atoms with Crippen molar-refractivity contribution >= 4 is 17.3 Å². The predicted molar refractivity (Wildman–Crippen MR) is 84.4 cm³/mol. The van der Waals surface area contributed by atoms with E-state index >= 15 is 0 Å². The van der Waals surface area contributed by atoms with E-state index in [4.69, 9.17) is 10.5 Å². The molecule has 0 saturated carbocycles. The summed E-state index contributed by atoms with van der Waals surface area (Å²) in [6, 6.07) is 7.87. The van der Waals surface area contributed by atoms with Crippen molar-refractivity contribution in [2.45, 2.75) is 25.7 Å². The molecule has 1 aromatic heterocycles. The lowest BCUT2D eigenvalue weighted by Gasteiger charge is -2.30. The maximum Gasteiger partial charge on any atom is 0.318 e. The quantitative estimate of drug-likeness (QED) is 0.833. The SMILES string of the molecule is CCOC(=O)C(CN)(Cc1nccs1)c1cccc(C)c1. The molecule has 0 spiro atoms. The standard InChI is InChI=1S/C16H20N2O2S/c1-3-20-15(19)16(11-17,10-14-18-7-8-21-14)13-6-4-5-12(2)9-13/h4-9H,3,10-11,17H2,1-2H3. The number of aryl methyl sites for hydroxylation is 1. The van der Waals surface area contributed by atoms with Crippen LogP contribution in [0.3, 0.4) is 0 Å². The molecule has 1 aromatic carbocycles. The Labute approximate surface area is 129 Å². The molecule has 0 amide bonds. The van der Waals surface area contributed by atoms with Crippen LogP contribution in [-0.2, 0) is 21.4 Å². The highest BCUT2D eigenvalue weighted by Crippen LogP contribution is 2.31. The summed E-state index contributed by atoms with van der Waals surface area (Å²) in [4.78, 5) is 16.9. The molecule has 0 fully saturated rings. The van der Waals surface area contributed by atoms with Gasteiger partial charge in [0.2, 0.25) is 0 Å². The van der Waals surface area contributed by atoms with E-state index in [0.717, 1.165) is 16.1 Å². The zero-order valence-electron chi connectivity index (χ0n) is 12.3. The number of hydrogen-bond donors (Lipinski definition) is 1. The van der Waals surface area contributed by atoms with Crippen LogP contribution in [0, 0.1) is 6.92 Å². The second kappa shape index (κ2) is 6.83. The first-order valence-corrected chi connectivity index (χ1v) is 7.83. The zero-order chi connectivity index (χ0) is 15.3. The van der Waals surface area contributed by atoms with E-state index in [1.807, 2.05) is 36.6 Å². The average molecular weight is 304 g/mol. The predicted octanol–water partition coefficient (Wildman–Crippen LogP) is 2.45. The van der Waals surface area contributed by atoms with Crippen LogP contribution < -0.4 is 5.73 Å². The molecule has 5 heteroatoms. The minimum absolute atomic E-state index is 0.189. The van der Waals surface area contributed by atoms with Gasteiger partial charge in [0.1, 0.15) is 5.41 Å². The maximum absolute atomic E-state index is 12.6. The molecule has 1 unspecified atom stereocenters. The normalized spacial score (nSPS) is 13.7. The van der Waals surface area contributed by atoms with Crippen LogP contribution in [0.25, 0.3) is 0 Å². The van der Waals surface area contributed by atoms with E-state index in [9.17, 15) is 4.79 Å². The van der Waals surface area contributed by atoms with Crippen LogP contribution in [0.4, 0.5) is 0 Å². The van der Waals surface area contributed by atoms with Crippen LogP contribution in [0.2, 0.25) is 0 Å². The summed E-state index contributed by atoms with van der Waals surface area (Å²) in [5.41, 5.74) is 7.12. The number of esters is 1. The highest BCUT2D eigenvalue weighted by molar-refractivity contribution is 7.09. The highest BCUT2D eigenvalue weighted by Gasteiger charge is 2.41. The van der Waals surface area contributed by atoms with Crippen LogP contribution in [0.5, 0.6) is 0 Å². The first-order chi connectivity index (χ1) is 10.1. The number of nitrogens with two attached hydrogens (primary N) is 1. The molecular formula is C16H20N2O2S. The zero-order valence-corrected chi connectivity index (χ0v) is 13.2. The summed E-state index contributed by atoms with van der Waals surface area (Å²) in [7, 11) is 0. The monoisotopic (exact) mass is 304 g/mol. The van der Waals surface area contributed by atoms with Crippen LogP contribution in [-0.4, -0.2) is 24.1 Å². The first kappa shape index (κ1) is 15.7. The van der Waals surface area contributed by atoms with Gasteiger partial charge in [-0.1, -0.05) is 29.8 Å². The second-order valence-electron chi connectivity index (χ2n) is 4.98. The van der Waals surface area contributed by atoms with Crippen molar-refractivity contribution in [3.05, 3.63) is 52.0 Å². The van der Waals surface area contributed by atoms with Gasteiger partial charge in [0.15, 0.2) is 0 Å². The van der Waals surface area contributed by atoms with Gasteiger partial charge in [0, 0.05) is 24.5 Å². The van der Waals surface area contributed by atoms with Crippen molar-refractivity contribution in [1.29, 1.82) is 0 Å². The van der Waals surface area contributed by atoms with Crippen molar-refractivity contribution < 1.29 is 9.53 Å². The maximum atomic E-state index is 12.6. The lowest BCUT2D eigenvalue weighted by molar-refractivity contribution is -0.149. The Hall–Kier alpha value is -1.72. The van der Waals surface area contributed by atoms with E-state index in [1.165, 1.54) is 11.3 Å². The highest BCUT2D eigenvalue weighted by atomic mass is 32.1. The third-order valence-corrected chi connectivity index (χ3v) is 4.30. The van der Waals surface area contributed by atoms with Crippen molar-refractivity contribution in [3.63, 3.8) is 0 Å². The average Bonchev–Trinajstić information content (AvgIpc) is 2.98. The van der Waals surface area contributed by atoms with E-state index in [-0.39, 0.29) is 12.5 Å². The summed E-state index contributed by atoms with van der Waals surface area (Å²) in [6.45, 7) is 4.33. The largest absolute Gasteiger partial charge is 0.465 e. The van der Waals surface area contributed by atoms with Gasteiger partial charge in [-0.15, -0.1) is 11.3 Å². The minimum atomic E-state index is -0.875. The molecule has 1 heterocycles. The Morgan fingerprint density at radius 3 is 2.86 bits per heavy atom. The Morgan fingerprint density at radius 2 is 2.29 bits per heavy atom. The molecule has 0 aliphatic heterocycles. The third-order valence-electron chi connectivity index (χ3n) is 3.52. The molecule has 112 valence electrons. The molecule has 2 aromatic rings. The van der Waals surface area contributed by atoms with Crippen molar-refractivity contribution in [3.8, 4) is 0 Å². The number of carbonyl (C=O) groups is 1. The molecule has 0 radical (unpaired) electrons. The topological polar surface area (TPSA) is 65.2 Å². The molecule has 0 saturated heterocycles. The van der Waals surface area contributed by atoms with E-state index in [1.54, 1.807) is 13.1 Å². The van der Waals surface area contributed by atoms with Crippen LogP contribution in [0.15, 0.2) is 35.8 Å². The summed E-state index contributed by atoms with van der Waals surface area (Å²) >= 11 is 1.53. The van der Waals surface area contributed by atoms with Crippen molar-refractivity contribution in [1.82, 2.24) is 4.98 Å². The number of rotatable bonds is 6.